The number of aromatic amines is 1. The summed E-state index contributed by atoms with van der Waals surface area (Å²) >= 11 is 0. The van der Waals surface area contributed by atoms with Crippen molar-refractivity contribution >= 4 is 5.97 Å². The first-order valence-corrected chi connectivity index (χ1v) is 4.85. The van der Waals surface area contributed by atoms with E-state index in [4.69, 9.17) is 9.84 Å². The molecule has 1 aromatic carbocycles. The third-order valence-corrected chi connectivity index (χ3v) is 2.19. The quantitative estimate of drug-likeness (QED) is 0.825. The fourth-order valence-corrected chi connectivity index (χ4v) is 1.40. The molecule has 82 valence electrons. The molecular formula is C12H11NO3. The molecule has 0 saturated carbocycles. The number of H-pyrrole nitrogens is 1. The fraction of sp³-hybridized carbons (Fsp3) is 0.0833. The molecule has 4 nitrogen and oxygen atoms in total. The summed E-state index contributed by atoms with van der Waals surface area (Å²) in [4.78, 5) is 13.7. The number of carboxylic acids is 1. The van der Waals surface area contributed by atoms with Gasteiger partial charge in [-0.25, -0.2) is 4.79 Å². The van der Waals surface area contributed by atoms with Crippen LogP contribution in [0.5, 0.6) is 5.75 Å². The highest BCUT2D eigenvalue weighted by molar-refractivity contribution is 5.88. The number of carbonyl (C=O) groups is 1. The molecule has 0 fully saturated rings. The Hall–Kier alpha value is -2.23. The van der Waals surface area contributed by atoms with E-state index in [-0.39, 0.29) is 12.2 Å². The smallest absolute Gasteiger partial charge is 0.337 e. The molecule has 2 rings (SSSR count). The average molecular weight is 217 g/mol. The lowest BCUT2D eigenvalue weighted by Gasteiger charge is -2.05. The Morgan fingerprint density at radius 3 is 2.69 bits per heavy atom. The Morgan fingerprint density at radius 2 is 2.00 bits per heavy atom. The third kappa shape index (κ3) is 2.23. The van der Waals surface area contributed by atoms with E-state index < -0.39 is 5.97 Å². The molecule has 0 bridgehead atoms. The van der Waals surface area contributed by atoms with Crippen molar-refractivity contribution in [3.63, 3.8) is 0 Å². The molecule has 1 heterocycles. The maximum absolute atomic E-state index is 10.8. The van der Waals surface area contributed by atoms with Gasteiger partial charge in [-0.3, -0.25) is 0 Å². The van der Waals surface area contributed by atoms with Gasteiger partial charge in [-0.2, -0.15) is 0 Å². The Labute approximate surface area is 92.5 Å². The molecule has 0 aliphatic carbocycles. The number of para-hydroxylation sites is 1. The van der Waals surface area contributed by atoms with Crippen molar-refractivity contribution in [1.29, 1.82) is 0 Å². The predicted molar refractivity (Wildman–Crippen MR) is 58.5 cm³/mol. The van der Waals surface area contributed by atoms with Gasteiger partial charge in [0.25, 0.3) is 0 Å². The van der Waals surface area contributed by atoms with E-state index in [1.54, 1.807) is 6.20 Å². The lowest BCUT2D eigenvalue weighted by molar-refractivity contribution is 0.0694. The van der Waals surface area contributed by atoms with Crippen molar-refractivity contribution in [2.75, 3.05) is 0 Å². The van der Waals surface area contributed by atoms with Crippen LogP contribution in [0.1, 0.15) is 16.1 Å². The first-order chi connectivity index (χ1) is 7.77. The van der Waals surface area contributed by atoms with Crippen LogP contribution in [-0.4, -0.2) is 16.1 Å². The van der Waals surface area contributed by atoms with Gasteiger partial charge in [-0.1, -0.05) is 18.2 Å². The maximum Gasteiger partial charge on any atom is 0.337 e. The van der Waals surface area contributed by atoms with Gasteiger partial charge >= 0.3 is 5.97 Å². The van der Waals surface area contributed by atoms with Crippen LogP contribution >= 0.6 is 0 Å². The fourth-order valence-electron chi connectivity index (χ4n) is 1.40. The molecule has 0 unspecified atom stereocenters. The highest BCUT2D eigenvalue weighted by atomic mass is 16.5. The van der Waals surface area contributed by atoms with Gasteiger partial charge in [-0.05, 0) is 18.2 Å². The Morgan fingerprint density at radius 1 is 1.25 bits per heavy atom. The number of hydrogen-bond donors (Lipinski definition) is 2. The topological polar surface area (TPSA) is 62.3 Å². The molecule has 4 heteroatoms. The van der Waals surface area contributed by atoms with Crippen molar-refractivity contribution < 1.29 is 14.6 Å². The zero-order valence-electron chi connectivity index (χ0n) is 8.51. The van der Waals surface area contributed by atoms with E-state index in [1.807, 2.05) is 30.3 Å². The Bertz CT molecular complexity index is 476. The van der Waals surface area contributed by atoms with Crippen molar-refractivity contribution in [1.82, 2.24) is 4.98 Å². The minimum atomic E-state index is -0.951. The SMILES string of the molecule is O=C(O)c1cc[nH]c1COc1ccccc1. The van der Waals surface area contributed by atoms with E-state index in [1.165, 1.54) is 6.07 Å². The number of aromatic carboxylic acids is 1. The van der Waals surface area contributed by atoms with Crippen LogP contribution < -0.4 is 4.74 Å². The minimum Gasteiger partial charge on any atom is -0.487 e. The number of ether oxygens (including phenoxy) is 1. The van der Waals surface area contributed by atoms with Gasteiger partial charge in [-0.15, -0.1) is 0 Å². The average Bonchev–Trinajstić information content (AvgIpc) is 2.76. The van der Waals surface area contributed by atoms with Crippen LogP contribution in [0.3, 0.4) is 0 Å². The second-order valence-electron chi connectivity index (χ2n) is 3.28. The maximum atomic E-state index is 10.8. The third-order valence-electron chi connectivity index (χ3n) is 2.19. The van der Waals surface area contributed by atoms with E-state index in [0.717, 1.165) is 0 Å². The standard InChI is InChI=1S/C12H11NO3/c14-12(15)10-6-7-13-11(10)8-16-9-4-2-1-3-5-9/h1-7,13H,8H2,(H,14,15). The molecule has 0 spiro atoms. The van der Waals surface area contributed by atoms with Gasteiger partial charge in [0.15, 0.2) is 0 Å². The van der Waals surface area contributed by atoms with Crippen LogP contribution in [0.25, 0.3) is 0 Å². The molecule has 1 aromatic heterocycles. The molecular weight excluding hydrogens is 206 g/mol. The highest BCUT2D eigenvalue weighted by Gasteiger charge is 2.10. The van der Waals surface area contributed by atoms with Crippen molar-refractivity contribution in [3.8, 4) is 5.75 Å². The molecule has 0 atom stereocenters. The largest absolute Gasteiger partial charge is 0.487 e. The Kier molecular flexibility index (Phi) is 2.91. The molecule has 2 N–H and O–H groups in total. The highest BCUT2D eigenvalue weighted by Crippen LogP contribution is 2.13. The van der Waals surface area contributed by atoms with Gasteiger partial charge in [0.1, 0.15) is 12.4 Å². The second kappa shape index (κ2) is 4.53. The molecule has 0 saturated heterocycles. The summed E-state index contributed by atoms with van der Waals surface area (Å²) in [5, 5.41) is 8.88. The number of aromatic nitrogens is 1. The minimum absolute atomic E-state index is 0.221. The van der Waals surface area contributed by atoms with E-state index in [2.05, 4.69) is 4.98 Å². The number of rotatable bonds is 4. The van der Waals surface area contributed by atoms with E-state index >= 15 is 0 Å². The van der Waals surface area contributed by atoms with Crippen LogP contribution in [0.2, 0.25) is 0 Å². The molecule has 2 aromatic rings. The normalized spacial score (nSPS) is 10.0. The van der Waals surface area contributed by atoms with Crippen LogP contribution in [-0.2, 0) is 6.61 Å². The number of carboxylic acid groups (broad SMARTS) is 1. The summed E-state index contributed by atoms with van der Waals surface area (Å²) < 4.78 is 5.45. The van der Waals surface area contributed by atoms with E-state index in [9.17, 15) is 4.79 Å². The van der Waals surface area contributed by atoms with Crippen molar-refractivity contribution in [2.45, 2.75) is 6.61 Å². The zero-order valence-corrected chi connectivity index (χ0v) is 8.51. The van der Waals surface area contributed by atoms with E-state index in [0.29, 0.717) is 11.4 Å². The van der Waals surface area contributed by atoms with Crippen molar-refractivity contribution in [2.24, 2.45) is 0 Å². The van der Waals surface area contributed by atoms with Gasteiger partial charge < -0.3 is 14.8 Å². The summed E-state index contributed by atoms with van der Waals surface area (Å²) in [6.45, 7) is 0.221. The molecule has 0 amide bonds. The van der Waals surface area contributed by atoms with Gasteiger partial charge in [0.05, 0.1) is 11.3 Å². The summed E-state index contributed by atoms with van der Waals surface area (Å²) in [5.41, 5.74) is 0.812. The molecule has 0 aliphatic heterocycles. The molecule has 0 radical (unpaired) electrons. The number of hydrogen-bond acceptors (Lipinski definition) is 2. The van der Waals surface area contributed by atoms with Crippen LogP contribution in [0.15, 0.2) is 42.6 Å². The molecule has 0 aliphatic rings. The lowest BCUT2D eigenvalue weighted by Crippen LogP contribution is -2.03. The van der Waals surface area contributed by atoms with Gasteiger partial charge in [0.2, 0.25) is 0 Å². The second-order valence-corrected chi connectivity index (χ2v) is 3.28. The monoisotopic (exact) mass is 217 g/mol. The Balaban J connectivity index is 2.05. The van der Waals surface area contributed by atoms with Gasteiger partial charge in [0, 0.05) is 6.20 Å². The van der Waals surface area contributed by atoms with Crippen LogP contribution in [0, 0.1) is 0 Å². The first-order valence-electron chi connectivity index (χ1n) is 4.85. The first kappa shape index (κ1) is 10.3. The summed E-state index contributed by atoms with van der Waals surface area (Å²) in [5.74, 6) is -0.235. The molecule has 16 heavy (non-hydrogen) atoms. The summed E-state index contributed by atoms with van der Waals surface area (Å²) in [7, 11) is 0. The predicted octanol–water partition coefficient (Wildman–Crippen LogP) is 2.29. The van der Waals surface area contributed by atoms with Crippen LogP contribution in [0.4, 0.5) is 0 Å². The lowest BCUT2D eigenvalue weighted by atomic mass is 10.2. The number of nitrogens with one attached hydrogen (secondary N) is 1. The summed E-state index contributed by atoms with van der Waals surface area (Å²) in [6, 6.07) is 10.8. The zero-order chi connectivity index (χ0) is 11.4. The van der Waals surface area contributed by atoms with Crippen molar-refractivity contribution in [3.05, 3.63) is 53.9 Å². The number of benzene rings is 1. The summed E-state index contributed by atoms with van der Waals surface area (Å²) in [6.07, 6.45) is 1.59.